The zero-order valence-corrected chi connectivity index (χ0v) is 17.9. The molecule has 0 aromatic heterocycles. The molecule has 3 N–H and O–H groups in total. The van der Waals surface area contributed by atoms with Crippen LogP contribution < -0.4 is 10.1 Å². The molecule has 0 heterocycles. The van der Waals surface area contributed by atoms with Crippen LogP contribution in [0.2, 0.25) is 0 Å². The standard InChI is InChI=1S/C26H31NO3/c1-18(2)24-6-4-5-7-25(24)20-10-14-23(15-11-20)30-17-16-27-19(3)26(29)21-8-12-22(28)13-9-21/h4-15,18-19,26-29H,16-17H2,1-3H3/t19-,26-/m1/s1. The monoisotopic (exact) mass is 405 g/mol. The summed E-state index contributed by atoms with van der Waals surface area (Å²) in [5.74, 6) is 1.50. The Morgan fingerprint density at radius 1 is 0.867 bits per heavy atom. The summed E-state index contributed by atoms with van der Waals surface area (Å²) in [5.41, 5.74) is 4.57. The van der Waals surface area contributed by atoms with Crippen molar-refractivity contribution < 1.29 is 14.9 Å². The maximum Gasteiger partial charge on any atom is 0.119 e. The second-order valence-electron chi connectivity index (χ2n) is 7.89. The minimum absolute atomic E-state index is 0.131. The Hall–Kier alpha value is -2.82. The van der Waals surface area contributed by atoms with E-state index in [1.807, 2.05) is 19.1 Å². The van der Waals surface area contributed by atoms with Crippen LogP contribution in [0.15, 0.2) is 72.8 Å². The molecule has 3 rings (SSSR count). The van der Waals surface area contributed by atoms with Gasteiger partial charge in [0.25, 0.3) is 0 Å². The van der Waals surface area contributed by atoms with Gasteiger partial charge in [-0.15, -0.1) is 0 Å². The van der Waals surface area contributed by atoms with Crippen molar-refractivity contribution >= 4 is 0 Å². The Labute approximate surface area is 179 Å². The maximum absolute atomic E-state index is 10.4. The molecule has 30 heavy (non-hydrogen) atoms. The van der Waals surface area contributed by atoms with Gasteiger partial charge < -0.3 is 20.3 Å². The summed E-state index contributed by atoms with van der Waals surface area (Å²) in [6.07, 6.45) is -0.647. The van der Waals surface area contributed by atoms with Crippen LogP contribution in [0.5, 0.6) is 11.5 Å². The molecular weight excluding hydrogens is 374 g/mol. The summed E-state index contributed by atoms with van der Waals surface area (Å²) < 4.78 is 5.85. The van der Waals surface area contributed by atoms with Crippen LogP contribution >= 0.6 is 0 Å². The quantitative estimate of drug-likeness (QED) is 0.424. The second kappa shape index (κ2) is 10.3. The molecule has 4 heteroatoms. The number of hydrogen-bond donors (Lipinski definition) is 3. The molecule has 0 aliphatic carbocycles. The minimum Gasteiger partial charge on any atom is -0.508 e. The molecule has 0 aliphatic rings. The fourth-order valence-corrected chi connectivity index (χ4v) is 3.52. The summed E-state index contributed by atoms with van der Waals surface area (Å²) >= 11 is 0. The van der Waals surface area contributed by atoms with E-state index in [0.717, 1.165) is 11.3 Å². The smallest absolute Gasteiger partial charge is 0.119 e. The van der Waals surface area contributed by atoms with Crippen LogP contribution in [0.4, 0.5) is 0 Å². The van der Waals surface area contributed by atoms with Gasteiger partial charge >= 0.3 is 0 Å². The van der Waals surface area contributed by atoms with Crippen molar-refractivity contribution in [1.29, 1.82) is 0 Å². The molecule has 158 valence electrons. The van der Waals surface area contributed by atoms with Crippen molar-refractivity contribution in [3.63, 3.8) is 0 Å². The molecule has 0 saturated carbocycles. The number of aliphatic hydroxyl groups excluding tert-OH is 1. The number of benzene rings is 3. The topological polar surface area (TPSA) is 61.7 Å². The number of ether oxygens (including phenoxy) is 1. The average Bonchev–Trinajstić information content (AvgIpc) is 2.77. The molecule has 0 fully saturated rings. The van der Waals surface area contributed by atoms with Gasteiger partial charge in [0, 0.05) is 12.6 Å². The number of hydrogen-bond acceptors (Lipinski definition) is 4. The number of rotatable bonds is 9. The highest BCUT2D eigenvalue weighted by Gasteiger charge is 2.15. The number of aromatic hydroxyl groups is 1. The van der Waals surface area contributed by atoms with Crippen LogP contribution in [0.25, 0.3) is 11.1 Å². The van der Waals surface area contributed by atoms with E-state index in [-0.39, 0.29) is 11.8 Å². The van der Waals surface area contributed by atoms with E-state index in [2.05, 4.69) is 55.6 Å². The molecule has 3 aromatic carbocycles. The lowest BCUT2D eigenvalue weighted by Gasteiger charge is -2.21. The van der Waals surface area contributed by atoms with Gasteiger partial charge in [0.05, 0.1) is 6.10 Å². The van der Waals surface area contributed by atoms with Gasteiger partial charge in [-0.25, -0.2) is 0 Å². The summed E-state index contributed by atoms with van der Waals surface area (Å²) in [4.78, 5) is 0. The largest absolute Gasteiger partial charge is 0.508 e. The van der Waals surface area contributed by atoms with Crippen molar-refractivity contribution in [2.75, 3.05) is 13.2 Å². The third-order valence-corrected chi connectivity index (χ3v) is 5.29. The molecule has 0 amide bonds. The summed E-state index contributed by atoms with van der Waals surface area (Å²) in [5, 5.41) is 23.1. The highest BCUT2D eigenvalue weighted by atomic mass is 16.5. The van der Waals surface area contributed by atoms with Gasteiger partial charge in [0.1, 0.15) is 18.1 Å². The van der Waals surface area contributed by atoms with Crippen molar-refractivity contribution in [3.05, 3.63) is 83.9 Å². The Morgan fingerprint density at radius 3 is 2.20 bits per heavy atom. The van der Waals surface area contributed by atoms with E-state index < -0.39 is 6.10 Å². The first-order chi connectivity index (χ1) is 14.5. The Bertz CT molecular complexity index is 920. The number of phenols is 1. The lowest BCUT2D eigenvalue weighted by Crippen LogP contribution is -2.35. The van der Waals surface area contributed by atoms with Gasteiger partial charge in [-0.05, 0) is 59.4 Å². The zero-order valence-electron chi connectivity index (χ0n) is 17.9. The molecular formula is C26H31NO3. The fraction of sp³-hybridized carbons (Fsp3) is 0.308. The zero-order chi connectivity index (χ0) is 21.5. The molecule has 0 spiro atoms. The van der Waals surface area contributed by atoms with Gasteiger partial charge in [-0.2, -0.15) is 0 Å². The fourth-order valence-electron chi connectivity index (χ4n) is 3.52. The molecule has 0 unspecified atom stereocenters. The number of nitrogens with one attached hydrogen (secondary N) is 1. The highest BCUT2D eigenvalue weighted by Crippen LogP contribution is 2.30. The Morgan fingerprint density at radius 2 is 1.53 bits per heavy atom. The SMILES string of the molecule is CC(C)c1ccccc1-c1ccc(OCCN[C@H](C)[C@@H](O)c2ccc(O)cc2)cc1. The first-order valence-electron chi connectivity index (χ1n) is 10.5. The predicted octanol–water partition coefficient (Wildman–Crippen LogP) is 5.27. The molecule has 3 aromatic rings. The molecule has 2 atom stereocenters. The first-order valence-corrected chi connectivity index (χ1v) is 10.5. The summed E-state index contributed by atoms with van der Waals surface area (Å²) in [6, 6.07) is 23.2. The molecule has 0 saturated heterocycles. The van der Waals surface area contributed by atoms with Crippen LogP contribution in [0.1, 0.15) is 43.9 Å². The third kappa shape index (κ3) is 5.62. The van der Waals surface area contributed by atoms with E-state index in [9.17, 15) is 10.2 Å². The lowest BCUT2D eigenvalue weighted by atomic mass is 9.93. The molecule has 4 nitrogen and oxygen atoms in total. The first kappa shape index (κ1) is 21.9. The summed E-state index contributed by atoms with van der Waals surface area (Å²) in [6.45, 7) is 7.48. The van der Waals surface area contributed by atoms with Crippen LogP contribution in [0.3, 0.4) is 0 Å². The van der Waals surface area contributed by atoms with Gasteiger partial charge in [-0.3, -0.25) is 0 Å². The number of phenolic OH excluding ortho intramolecular Hbond substituents is 1. The van der Waals surface area contributed by atoms with Crippen molar-refractivity contribution in [3.8, 4) is 22.6 Å². The van der Waals surface area contributed by atoms with Gasteiger partial charge in [0.15, 0.2) is 0 Å². The van der Waals surface area contributed by atoms with Crippen LogP contribution in [0, 0.1) is 0 Å². The molecule has 0 aliphatic heterocycles. The van der Waals surface area contributed by atoms with E-state index in [4.69, 9.17) is 4.74 Å². The predicted molar refractivity (Wildman–Crippen MR) is 122 cm³/mol. The van der Waals surface area contributed by atoms with E-state index in [1.165, 1.54) is 16.7 Å². The lowest BCUT2D eigenvalue weighted by molar-refractivity contribution is 0.133. The van der Waals surface area contributed by atoms with Crippen LogP contribution in [-0.4, -0.2) is 29.4 Å². The molecule has 0 bridgehead atoms. The van der Waals surface area contributed by atoms with Gasteiger partial charge in [0.2, 0.25) is 0 Å². The van der Waals surface area contributed by atoms with Crippen molar-refractivity contribution in [2.45, 2.75) is 38.8 Å². The molecule has 0 radical (unpaired) electrons. The van der Waals surface area contributed by atoms with Gasteiger partial charge in [-0.1, -0.05) is 62.4 Å². The normalized spacial score (nSPS) is 13.2. The van der Waals surface area contributed by atoms with Crippen LogP contribution in [-0.2, 0) is 0 Å². The van der Waals surface area contributed by atoms with E-state index in [0.29, 0.717) is 19.1 Å². The highest BCUT2D eigenvalue weighted by molar-refractivity contribution is 5.68. The Balaban J connectivity index is 1.49. The van der Waals surface area contributed by atoms with E-state index >= 15 is 0 Å². The minimum atomic E-state index is -0.647. The van der Waals surface area contributed by atoms with Crippen molar-refractivity contribution in [2.24, 2.45) is 0 Å². The second-order valence-corrected chi connectivity index (χ2v) is 7.89. The van der Waals surface area contributed by atoms with Crippen molar-refractivity contribution in [1.82, 2.24) is 5.32 Å². The Kier molecular flexibility index (Phi) is 7.50. The third-order valence-electron chi connectivity index (χ3n) is 5.29. The van der Waals surface area contributed by atoms with E-state index in [1.54, 1.807) is 24.3 Å². The average molecular weight is 406 g/mol. The number of aliphatic hydroxyl groups is 1. The summed E-state index contributed by atoms with van der Waals surface area (Å²) in [7, 11) is 0. The maximum atomic E-state index is 10.4.